The summed E-state index contributed by atoms with van der Waals surface area (Å²) in [6.45, 7) is 11.8. The quantitative estimate of drug-likeness (QED) is 0.658. The second-order valence-corrected chi connectivity index (χ2v) is 9.65. The molecule has 0 aliphatic heterocycles. The summed E-state index contributed by atoms with van der Waals surface area (Å²) in [7, 11) is 3.07. The van der Waals surface area contributed by atoms with Gasteiger partial charge < -0.3 is 19.2 Å². The normalized spacial score (nSPS) is 17.1. The minimum atomic E-state index is -0.478. The summed E-state index contributed by atoms with van der Waals surface area (Å²) in [5.41, 5.74) is 5.79. The van der Waals surface area contributed by atoms with Gasteiger partial charge >= 0.3 is 0 Å². The zero-order chi connectivity index (χ0) is 22.1. The summed E-state index contributed by atoms with van der Waals surface area (Å²) >= 11 is 0. The second-order valence-electron chi connectivity index (χ2n) is 9.65. The first-order valence-electron chi connectivity index (χ1n) is 10.6. The maximum atomic E-state index is 12.3. The van der Waals surface area contributed by atoms with Crippen LogP contribution in [0.5, 0.6) is 0 Å². The number of benzene rings is 1. The number of methoxy groups -OCH3 is 2. The minimum Gasteiger partial charge on any atom is -0.456 e. The van der Waals surface area contributed by atoms with Gasteiger partial charge in [-0.25, -0.2) is 0 Å². The van der Waals surface area contributed by atoms with Crippen molar-refractivity contribution < 1.29 is 18.7 Å². The monoisotopic (exact) mass is 413 g/mol. The van der Waals surface area contributed by atoms with Crippen molar-refractivity contribution in [3.05, 3.63) is 58.0 Å². The standard InChI is InChI=1S/C25H35NO4/c1-16-12-19-20(25(4,5)11-10-24(19,2)3)14-17(16)13-18-8-9-21(30-18)23(27)26-15-22(28-6)29-7/h8-9,12,14,22H,10-11,13,15H2,1-7H3,(H,26,27). The molecular weight excluding hydrogens is 378 g/mol. The molecule has 2 aromatic rings. The smallest absolute Gasteiger partial charge is 0.287 e. The minimum absolute atomic E-state index is 0.167. The number of hydrogen-bond acceptors (Lipinski definition) is 4. The molecule has 0 saturated heterocycles. The maximum Gasteiger partial charge on any atom is 0.287 e. The molecule has 0 radical (unpaired) electrons. The van der Waals surface area contributed by atoms with Gasteiger partial charge in [-0.15, -0.1) is 0 Å². The Hall–Kier alpha value is -2.11. The molecule has 1 N–H and O–H groups in total. The number of carbonyl (C=O) groups excluding carboxylic acids is 1. The fraction of sp³-hybridized carbons (Fsp3) is 0.560. The van der Waals surface area contributed by atoms with Crippen molar-refractivity contribution in [3.63, 3.8) is 0 Å². The van der Waals surface area contributed by atoms with E-state index < -0.39 is 6.29 Å². The lowest BCUT2D eigenvalue weighted by Gasteiger charge is -2.42. The lowest BCUT2D eigenvalue weighted by Crippen LogP contribution is -2.34. The van der Waals surface area contributed by atoms with E-state index in [0.29, 0.717) is 12.2 Å². The summed E-state index contributed by atoms with van der Waals surface area (Å²) in [5, 5.41) is 2.77. The largest absolute Gasteiger partial charge is 0.456 e. The van der Waals surface area contributed by atoms with Crippen LogP contribution in [0.1, 0.15) is 79.1 Å². The molecule has 0 unspecified atom stereocenters. The highest BCUT2D eigenvalue weighted by Crippen LogP contribution is 2.46. The molecule has 1 aromatic heterocycles. The van der Waals surface area contributed by atoms with Crippen molar-refractivity contribution in [1.29, 1.82) is 0 Å². The van der Waals surface area contributed by atoms with Gasteiger partial charge in [-0.1, -0.05) is 39.8 Å². The Morgan fingerprint density at radius 1 is 1.07 bits per heavy atom. The fourth-order valence-corrected chi connectivity index (χ4v) is 4.27. The highest BCUT2D eigenvalue weighted by atomic mass is 16.7. The number of carbonyl (C=O) groups is 1. The Bertz CT molecular complexity index is 906. The molecule has 1 aliphatic carbocycles. The Morgan fingerprint density at radius 2 is 1.67 bits per heavy atom. The van der Waals surface area contributed by atoms with Gasteiger partial charge in [-0.3, -0.25) is 4.79 Å². The molecule has 5 heteroatoms. The SMILES string of the molecule is COC(CNC(=O)c1ccc(Cc2cc3c(cc2C)C(C)(C)CCC3(C)C)o1)OC. The van der Waals surface area contributed by atoms with E-state index in [9.17, 15) is 4.79 Å². The van der Waals surface area contributed by atoms with E-state index in [0.717, 1.165) is 5.76 Å². The number of rotatable bonds is 7. The molecule has 1 amide bonds. The van der Waals surface area contributed by atoms with Crippen molar-refractivity contribution in [1.82, 2.24) is 5.32 Å². The predicted octanol–water partition coefficient (Wildman–Crippen LogP) is 4.88. The molecule has 1 aliphatic rings. The molecule has 0 bridgehead atoms. The Balaban J connectivity index is 1.79. The number of hydrogen-bond donors (Lipinski definition) is 1. The van der Waals surface area contributed by atoms with E-state index in [2.05, 4.69) is 52.1 Å². The molecule has 164 valence electrons. The van der Waals surface area contributed by atoms with Crippen LogP contribution in [0.25, 0.3) is 0 Å². The van der Waals surface area contributed by atoms with Gasteiger partial charge in [0.2, 0.25) is 0 Å². The number of aryl methyl sites for hydroxylation is 1. The highest BCUT2D eigenvalue weighted by molar-refractivity contribution is 5.91. The van der Waals surface area contributed by atoms with Crippen LogP contribution >= 0.6 is 0 Å². The molecule has 0 atom stereocenters. The highest BCUT2D eigenvalue weighted by Gasteiger charge is 2.37. The Kier molecular flexibility index (Phi) is 6.44. The zero-order valence-electron chi connectivity index (χ0n) is 19.3. The van der Waals surface area contributed by atoms with Crippen LogP contribution in [0, 0.1) is 6.92 Å². The number of fused-ring (bicyclic) bond motifs is 1. The Morgan fingerprint density at radius 3 is 2.27 bits per heavy atom. The van der Waals surface area contributed by atoms with Crippen molar-refractivity contribution in [2.75, 3.05) is 20.8 Å². The summed E-state index contributed by atoms with van der Waals surface area (Å²) < 4.78 is 16.0. The number of nitrogens with one attached hydrogen (secondary N) is 1. The van der Waals surface area contributed by atoms with Gasteiger partial charge in [0.25, 0.3) is 5.91 Å². The summed E-state index contributed by atoms with van der Waals surface area (Å²) in [6, 6.07) is 8.32. The third kappa shape index (κ3) is 4.62. The van der Waals surface area contributed by atoms with Crippen LogP contribution in [-0.2, 0) is 26.7 Å². The first-order chi connectivity index (χ1) is 14.1. The van der Waals surface area contributed by atoms with Crippen LogP contribution in [0.15, 0.2) is 28.7 Å². The number of ether oxygens (including phenoxy) is 2. The van der Waals surface area contributed by atoms with E-state index >= 15 is 0 Å². The van der Waals surface area contributed by atoms with Crippen molar-refractivity contribution in [3.8, 4) is 0 Å². The van der Waals surface area contributed by atoms with Crippen LogP contribution in [0.2, 0.25) is 0 Å². The van der Waals surface area contributed by atoms with E-state index in [1.807, 2.05) is 6.07 Å². The third-order valence-corrected chi connectivity index (χ3v) is 6.51. The molecule has 5 nitrogen and oxygen atoms in total. The molecule has 1 aromatic carbocycles. The molecular formula is C25H35NO4. The molecule has 3 rings (SSSR count). The van der Waals surface area contributed by atoms with E-state index in [4.69, 9.17) is 13.9 Å². The first-order valence-corrected chi connectivity index (χ1v) is 10.6. The zero-order valence-corrected chi connectivity index (χ0v) is 19.3. The van der Waals surface area contributed by atoms with Crippen molar-refractivity contribution in [2.45, 2.75) is 71.0 Å². The number of furan rings is 1. The van der Waals surface area contributed by atoms with E-state index in [-0.39, 0.29) is 23.3 Å². The first kappa shape index (κ1) is 22.6. The average molecular weight is 414 g/mol. The summed E-state index contributed by atoms with van der Waals surface area (Å²) in [4.78, 5) is 12.3. The molecule has 1 heterocycles. The van der Waals surface area contributed by atoms with Gasteiger partial charge in [0, 0.05) is 20.6 Å². The average Bonchev–Trinajstić information content (AvgIpc) is 3.16. The van der Waals surface area contributed by atoms with Crippen LogP contribution < -0.4 is 5.32 Å². The van der Waals surface area contributed by atoms with Gasteiger partial charge in [-0.05, 0) is 65.0 Å². The Labute approximate surface area is 180 Å². The number of amides is 1. The van der Waals surface area contributed by atoms with Gasteiger partial charge in [-0.2, -0.15) is 0 Å². The maximum absolute atomic E-state index is 12.3. The van der Waals surface area contributed by atoms with E-state index in [1.54, 1.807) is 6.07 Å². The van der Waals surface area contributed by atoms with Crippen LogP contribution in [0.3, 0.4) is 0 Å². The predicted molar refractivity (Wildman–Crippen MR) is 118 cm³/mol. The molecule has 0 spiro atoms. The van der Waals surface area contributed by atoms with Crippen molar-refractivity contribution >= 4 is 5.91 Å². The third-order valence-electron chi connectivity index (χ3n) is 6.51. The van der Waals surface area contributed by atoms with Crippen LogP contribution in [-0.4, -0.2) is 33.0 Å². The van der Waals surface area contributed by atoms with Gasteiger partial charge in [0.05, 0.1) is 6.54 Å². The topological polar surface area (TPSA) is 60.7 Å². The molecule has 30 heavy (non-hydrogen) atoms. The summed E-state index contributed by atoms with van der Waals surface area (Å²) in [6.07, 6.45) is 2.58. The van der Waals surface area contributed by atoms with Crippen molar-refractivity contribution in [2.24, 2.45) is 0 Å². The summed E-state index contributed by atoms with van der Waals surface area (Å²) in [5.74, 6) is 0.810. The second kappa shape index (κ2) is 8.56. The fourth-order valence-electron chi connectivity index (χ4n) is 4.27. The molecule has 0 saturated carbocycles. The molecule has 0 fully saturated rings. The van der Waals surface area contributed by atoms with Gasteiger partial charge in [0.1, 0.15) is 5.76 Å². The lowest BCUT2D eigenvalue weighted by atomic mass is 9.62. The van der Waals surface area contributed by atoms with Gasteiger partial charge in [0.15, 0.2) is 12.1 Å². The van der Waals surface area contributed by atoms with E-state index in [1.165, 1.54) is 49.3 Å². The lowest BCUT2D eigenvalue weighted by molar-refractivity contribution is -0.0975. The van der Waals surface area contributed by atoms with Crippen LogP contribution in [0.4, 0.5) is 0 Å².